The minimum atomic E-state index is -0.351. The lowest BCUT2D eigenvalue weighted by molar-refractivity contribution is 0.107. The molecule has 0 radical (unpaired) electrons. The number of rotatable bonds is 1. The maximum absolute atomic E-state index is 11.9. The van der Waals surface area contributed by atoms with E-state index in [2.05, 4.69) is 37.5 Å². The van der Waals surface area contributed by atoms with Crippen molar-refractivity contribution in [2.45, 2.75) is 16.5 Å². The smallest absolute Gasteiger partial charge is 0.411 e. The van der Waals surface area contributed by atoms with E-state index in [1.54, 1.807) is 11.2 Å². The Labute approximate surface area is 133 Å². The third kappa shape index (κ3) is 2.10. The first-order valence-electron chi connectivity index (χ1n) is 5.95. The molecule has 9 heteroatoms. The quantitative estimate of drug-likeness (QED) is 0.412. The zero-order valence-electron chi connectivity index (χ0n) is 10.5. The highest BCUT2D eigenvalue weighted by atomic mass is 127. The summed E-state index contributed by atoms with van der Waals surface area (Å²) in [7, 11) is 1.38. The predicted octanol–water partition coefficient (Wildman–Crippen LogP) is 2.25. The highest BCUT2D eigenvalue weighted by Crippen LogP contribution is 2.35. The highest BCUT2D eigenvalue weighted by Gasteiger charge is 2.38. The maximum Gasteiger partial charge on any atom is 0.411 e. The molecule has 7 nitrogen and oxygen atoms in total. The van der Waals surface area contributed by atoms with Crippen LogP contribution in [0.3, 0.4) is 0 Å². The topological polar surface area (TPSA) is 73.1 Å². The van der Waals surface area contributed by atoms with Crippen molar-refractivity contribution in [2.24, 2.45) is 0 Å². The SMILES string of the molecule is COC(=O)N1CC[C@@H](I)[C@@H]1n1cnc2c(Cl)ncnc21. The molecular weight excluding hydrogens is 397 g/mol. The number of fused-ring (bicyclic) bond motifs is 1. The van der Waals surface area contributed by atoms with E-state index < -0.39 is 0 Å². The second kappa shape index (κ2) is 5.32. The minimum absolute atomic E-state index is 0.181. The van der Waals surface area contributed by atoms with Gasteiger partial charge >= 0.3 is 6.09 Å². The molecule has 1 saturated heterocycles. The number of hydrogen-bond donors (Lipinski definition) is 0. The Morgan fingerprint density at radius 1 is 1.50 bits per heavy atom. The molecule has 20 heavy (non-hydrogen) atoms. The van der Waals surface area contributed by atoms with Crippen molar-refractivity contribution >= 4 is 51.4 Å². The van der Waals surface area contributed by atoms with Gasteiger partial charge in [0.05, 0.1) is 17.4 Å². The maximum atomic E-state index is 11.9. The normalized spacial score (nSPS) is 22.4. The molecule has 1 fully saturated rings. The minimum Gasteiger partial charge on any atom is -0.453 e. The van der Waals surface area contributed by atoms with Gasteiger partial charge in [-0.3, -0.25) is 9.47 Å². The number of alkyl halides is 1. The van der Waals surface area contributed by atoms with Gasteiger partial charge in [-0.25, -0.2) is 19.7 Å². The summed E-state index contributed by atoms with van der Waals surface area (Å²) in [4.78, 5) is 25.9. The van der Waals surface area contributed by atoms with Crippen LogP contribution in [0.1, 0.15) is 12.6 Å². The summed E-state index contributed by atoms with van der Waals surface area (Å²) in [5.41, 5.74) is 1.15. The van der Waals surface area contributed by atoms with Gasteiger partial charge in [-0.2, -0.15) is 0 Å². The third-order valence-electron chi connectivity index (χ3n) is 3.30. The van der Waals surface area contributed by atoms with Gasteiger partial charge in [-0.05, 0) is 6.42 Å². The average molecular weight is 408 g/mol. The molecule has 0 aliphatic carbocycles. The number of aromatic nitrogens is 4. The van der Waals surface area contributed by atoms with Gasteiger partial charge in [0.1, 0.15) is 18.0 Å². The van der Waals surface area contributed by atoms with Crippen LogP contribution >= 0.6 is 34.2 Å². The van der Waals surface area contributed by atoms with Crippen molar-refractivity contribution in [3.8, 4) is 0 Å². The van der Waals surface area contributed by atoms with E-state index in [4.69, 9.17) is 16.3 Å². The molecule has 0 aromatic carbocycles. The number of carbonyl (C=O) groups excluding carboxylic acids is 1. The van der Waals surface area contributed by atoms with E-state index in [1.165, 1.54) is 13.4 Å². The standard InChI is InChI=1S/C11H11ClIN5O2/c1-20-11(19)17-3-2-6(13)10(17)18-5-16-7-8(12)14-4-15-9(7)18/h4-6,10H,2-3H2,1H3/t6-,10+/m1/s1. The van der Waals surface area contributed by atoms with Crippen molar-refractivity contribution in [3.63, 3.8) is 0 Å². The molecule has 0 unspecified atom stereocenters. The number of methoxy groups -OCH3 is 1. The van der Waals surface area contributed by atoms with Gasteiger partial charge < -0.3 is 4.74 Å². The molecule has 1 aliphatic rings. The van der Waals surface area contributed by atoms with Gasteiger partial charge in [0.25, 0.3) is 0 Å². The van der Waals surface area contributed by atoms with Crippen LogP contribution in [-0.4, -0.2) is 48.1 Å². The zero-order chi connectivity index (χ0) is 14.3. The highest BCUT2D eigenvalue weighted by molar-refractivity contribution is 14.1. The number of imidazole rings is 1. The Bertz CT molecular complexity index is 663. The molecule has 0 N–H and O–H groups in total. The van der Waals surface area contributed by atoms with Gasteiger partial charge in [0.2, 0.25) is 0 Å². The molecule has 3 rings (SSSR count). The van der Waals surface area contributed by atoms with Gasteiger partial charge in [-0.15, -0.1) is 0 Å². The van der Waals surface area contributed by atoms with Crippen LogP contribution < -0.4 is 0 Å². The Hall–Kier alpha value is -1.16. The van der Waals surface area contributed by atoms with Crippen LogP contribution in [0.5, 0.6) is 0 Å². The summed E-state index contributed by atoms with van der Waals surface area (Å²) >= 11 is 8.33. The lowest BCUT2D eigenvalue weighted by atomic mass is 10.3. The van der Waals surface area contributed by atoms with Crippen LogP contribution in [0.15, 0.2) is 12.7 Å². The molecule has 3 heterocycles. The fourth-order valence-electron chi connectivity index (χ4n) is 2.40. The summed E-state index contributed by atoms with van der Waals surface area (Å²) in [6, 6.07) is 0. The largest absolute Gasteiger partial charge is 0.453 e. The number of hydrogen-bond acceptors (Lipinski definition) is 5. The van der Waals surface area contributed by atoms with Gasteiger partial charge in [0.15, 0.2) is 10.8 Å². The van der Waals surface area contributed by atoms with E-state index in [1.807, 2.05) is 4.57 Å². The Balaban J connectivity index is 2.09. The van der Waals surface area contributed by atoms with Crippen molar-refractivity contribution in [2.75, 3.05) is 13.7 Å². The van der Waals surface area contributed by atoms with Crippen molar-refractivity contribution in [1.82, 2.24) is 24.4 Å². The van der Waals surface area contributed by atoms with E-state index >= 15 is 0 Å². The molecule has 106 valence electrons. The van der Waals surface area contributed by atoms with Gasteiger partial charge in [0, 0.05) is 6.54 Å². The molecule has 2 aromatic rings. The number of nitrogens with zero attached hydrogens (tertiary/aromatic N) is 5. The van der Waals surface area contributed by atoms with Crippen LogP contribution in [-0.2, 0) is 4.74 Å². The Morgan fingerprint density at radius 2 is 2.30 bits per heavy atom. The van der Waals surface area contributed by atoms with Crippen molar-refractivity contribution in [1.29, 1.82) is 0 Å². The number of amides is 1. The lowest BCUT2D eigenvalue weighted by Crippen LogP contribution is -2.35. The number of likely N-dealkylation sites (tertiary alicyclic amines) is 1. The molecule has 1 amide bonds. The summed E-state index contributed by atoms with van der Waals surface area (Å²) in [5, 5.41) is 0.307. The first-order valence-corrected chi connectivity index (χ1v) is 7.57. The molecule has 2 aromatic heterocycles. The lowest BCUT2D eigenvalue weighted by Gasteiger charge is -2.26. The van der Waals surface area contributed by atoms with E-state index in [-0.39, 0.29) is 16.2 Å². The third-order valence-corrected chi connectivity index (χ3v) is 4.84. The second-order valence-electron chi connectivity index (χ2n) is 4.37. The first kappa shape index (κ1) is 13.8. The molecule has 2 atom stereocenters. The predicted molar refractivity (Wildman–Crippen MR) is 80.9 cm³/mol. The first-order chi connectivity index (χ1) is 9.63. The van der Waals surface area contributed by atoms with E-state index in [9.17, 15) is 4.79 Å². The summed E-state index contributed by atoms with van der Waals surface area (Å²) in [6.07, 6.45) is 3.39. The number of carbonyl (C=O) groups is 1. The fourth-order valence-corrected chi connectivity index (χ4v) is 3.59. The molecule has 0 spiro atoms. The van der Waals surface area contributed by atoms with Crippen LogP contribution in [0.25, 0.3) is 11.2 Å². The molecular formula is C11H11ClIN5O2. The average Bonchev–Trinajstić information content (AvgIpc) is 3.02. The van der Waals surface area contributed by atoms with Crippen LogP contribution in [0.4, 0.5) is 4.79 Å². The fraction of sp³-hybridized carbons (Fsp3) is 0.455. The monoisotopic (exact) mass is 407 g/mol. The van der Waals surface area contributed by atoms with Crippen LogP contribution in [0, 0.1) is 0 Å². The number of ether oxygens (including phenoxy) is 1. The molecule has 0 saturated carbocycles. The molecule has 1 aliphatic heterocycles. The molecule has 0 bridgehead atoms. The summed E-state index contributed by atoms with van der Waals surface area (Å²) < 4.78 is 6.94. The Morgan fingerprint density at radius 3 is 3.05 bits per heavy atom. The summed E-state index contributed by atoms with van der Waals surface area (Å²) in [5.74, 6) is 0. The van der Waals surface area contributed by atoms with E-state index in [0.29, 0.717) is 22.9 Å². The Kier molecular flexibility index (Phi) is 3.67. The van der Waals surface area contributed by atoms with Crippen molar-refractivity contribution < 1.29 is 9.53 Å². The zero-order valence-corrected chi connectivity index (χ0v) is 13.4. The van der Waals surface area contributed by atoms with E-state index in [0.717, 1.165) is 6.42 Å². The van der Waals surface area contributed by atoms with Crippen molar-refractivity contribution in [3.05, 3.63) is 17.8 Å². The second-order valence-corrected chi connectivity index (χ2v) is 6.33. The summed E-state index contributed by atoms with van der Waals surface area (Å²) in [6.45, 7) is 0.642. The van der Waals surface area contributed by atoms with Crippen LogP contribution in [0.2, 0.25) is 5.15 Å². The van der Waals surface area contributed by atoms with Gasteiger partial charge in [-0.1, -0.05) is 34.2 Å². The number of halogens is 2.